The number of aliphatic hydroxyl groups is 1. The molecule has 2 rings (SSSR count). The van der Waals surface area contributed by atoms with Crippen LogP contribution < -0.4 is 4.74 Å². The third-order valence-corrected chi connectivity index (χ3v) is 3.88. The number of ether oxygens (including phenoxy) is 1. The van der Waals surface area contributed by atoms with Gasteiger partial charge in [0.15, 0.2) is 0 Å². The van der Waals surface area contributed by atoms with Crippen LogP contribution in [0.3, 0.4) is 0 Å². The molecule has 19 heavy (non-hydrogen) atoms. The summed E-state index contributed by atoms with van der Waals surface area (Å²) in [5, 5.41) is 10.3. The molecule has 2 nitrogen and oxygen atoms in total. The van der Waals surface area contributed by atoms with Crippen LogP contribution in [0, 0.1) is 10.5 Å². The second kappa shape index (κ2) is 6.39. The Balaban J connectivity index is 2.15. The summed E-state index contributed by atoms with van der Waals surface area (Å²) in [7, 11) is 1.65. The largest absolute Gasteiger partial charge is 0.496 e. The molecule has 0 aromatic heterocycles. The van der Waals surface area contributed by atoms with Crippen LogP contribution in [-0.2, 0) is 6.42 Å². The second-order valence-corrected chi connectivity index (χ2v) is 5.82. The van der Waals surface area contributed by atoms with E-state index in [2.05, 4.69) is 46.9 Å². The minimum absolute atomic E-state index is 0.505. The molecule has 0 radical (unpaired) electrons. The highest BCUT2D eigenvalue weighted by Gasteiger charge is 2.10. The molecule has 0 aliphatic rings. The molecule has 1 N–H and O–H groups in total. The van der Waals surface area contributed by atoms with Gasteiger partial charge in [-0.3, -0.25) is 0 Å². The highest BCUT2D eigenvalue weighted by molar-refractivity contribution is 14.1. The minimum Gasteiger partial charge on any atom is -0.496 e. The normalized spacial score (nSPS) is 12.2. The first kappa shape index (κ1) is 14.3. The van der Waals surface area contributed by atoms with Crippen molar-refractivity contribution in [2.45, 2.75) is 19.4 Å². The van der Waals surface area contributed by atoms with E-state index in [9.17, 15) is 5.11 Å². The van der Waals surface area contributed by atoms with Crippen molar-refractivity contribution in [3.05, 3.63) is 62.7 Å². The summed E-state index contributed by atoms with van der Waals surface area (Å²) in [6.45, 7) is 1.99. The van der Waals surface area contributed by atoms with E-state index in [1.807, 2.05) is 25.1 Å². The molecule has 0 amide bonds. The van der Waals surface area contributed by atoms with Crippen LogP contribution in [0.1, 0.15) is 22.8 Å². The van der Waals surface area contributed by atoms with Gasteiger partial charge in [-0.15, -0.1) is 0 Å². The average Bonchev–Trinajstić information content (AvgIpc) is 2.42. The van der Waals surface area contributed by atoms with Crippen molar-refractivity contribution in [1.29, 1.82) is 0 Å². The molecule has 1 atom stereocenters. The number of benzene rings is 2. The molecule has 2 aromatic carbocycles. The molecule has 0 saturated heterocycles. The third-order valence-electron chi connectivity index (χ3n) is 3.16. The van der Waals surface area contributed by atoms with Gasteiger partial charge in [-0.2, -0.15) is 0 Å². The molecule has 1 unspecified atom stereocenters. The van der Waals surface area contributed by atoms with Crippen LogP contribution in [0.2, 0.25) is 0 Å². The lowest BCUT2D eigenvalue weighted by atomic mass is 10.00. The zero-order valence-corrected chi connectivity index (χ0v) is 13.2. The monoisotopic (exact) mass is 368 g/mol. The van der Waals surface area contributed by atoms with Crippen molar-refractivity contribution in [3.63, 3.8) is 0 Å². The van der Waals surface area contributed by atoms with Gasteiger partial charge in [0, 0.05) is 9.99 Å². The first-order chi connectivity index (χ1) is 9.10. The Morgan fingerprint density at radius 3 is 2.47 bits per heavy atom. The maximum Gasteiger partial charge on any atom is 0.122 e. The molecule has 0 bridgehead atoms. The van der Waals surface area contributed by atoms with Crippen molar-refractivity contribution >= 4 is 22.6 Å². The Bertz CT molecular complexity index is 549. The third kappa shape index (κ3) is 3.70. The molecule has 0 heterocycles. The van der Waals surface area contributed by atoms with Gasteiger partial charge < -0.3 is 9.84 Å². The van der Waals surface area contributed by atoms with Crippen molar-refractivity contribution in [1.82, 2.24) is 0 Å². The molecule has 0 aliphatic carbocycles. The number of rotatable bonds is 4. The van der Waals surface area contributed by atoms with Crippen LogP contribution >= 0.6 is 22.6 Å². The summed E-state index contributed by atoms with van der Waals surface area (Å²) in [4.78, 5) is 0. The average molecular weight is 368 g/mol. The van der Waals surface area contributed by atoms with Gasteiger partial charge in [0.05, 0.1) is 13.2 Å². The van der Waals surface area contributed by atoms with Crippen LogP contribution in [0.4, 0.5) is 0 Å². The SMILES string of the molecule is COc1cc(C(O)Cc2ccc(I)cc2)ccc1C. The van der Waals surface area contributed by atoms with E-state index >= 15 is 0 Å². The van der Waals surface area contributed by atoms with Gasteiger partial charge in [0.25, 0.3) is 0 Å². The van der Waals surface area contributed by atoms with Gasteiger partial charge in [-0.1, -0.05) is 24.3 Å². The molecule has 0 aliphatic heterocycles. The van der Waals surface area contributed by atoms with Crippen molar-refractivity contribution in [2.75, 3.05) is 7.11 Å². The van der Waals surface area contributed by atoms with Crippen molar-refractivity contribution < 1.29 is 9.84 Å². The van der Waals surface area contributed by atoms with E-state index < -0.39 is 6.10 Å². The summed E-state index contributed by atoms with van der Waals surface area (Å²) in [6.07, 6.45) is 0.109. The molecule has 0 saturated carbocycles. The fraction of sp³-hybridized carbons (Fsp3) is 0.250. The Morgan fingerprint density at radius 1 is 1.16 bits per heavy atom. The standard InChI is InChI=1S/C16H17IO2/c1-11-3-6-13(10-16(11)19-2)15(18)9-12-4-7-14(17)8-5-12/h3-8,10,15,18H,9H2,1-2H3. The molecule has 3 heteroatoms. The minimum atomic E-state index is -0.505. The number of methoxy groups -OCH3 is 1. The van der Waals surface area contributed by atoms with Crippen molar-refractivity contribution in [2.24, 2.45) is 0 Å². The van der Waals surface area contributed by atoms with Gasteiger partial charge in [0.1, 0.15) is 5.75 Å². The number of hydrogen-bond donors (Lipinski definition) is 1. The van der Waals surface area contributed by atoms with E-state index in [0.29, 0.717) is 6.42 Å². The lowest BCUT2D eigenvalue weighted by molar-refractivity contribution is 0.178. The van der Waals surface area contributed by atoms with Gasteiger partial charge in [-0.25, -0.2) is 0 Å². The summed E-state index contributed by atoms with van der Waals surface area (Å²) in [5.41, 5.74) is 3.10. The molecule has 100 valence electrons. The number of halogens is 1. The van der Waals surface area contributed by atoms with Crippen LogP contribution in [0.15, 0.2) is 42.5 Å². The number of aryl methyl sites for hydroxylation is 1. The molecule has 0 spiro atoms. The maximum absolute atomic E-state index is 10.3. The molecule has 2 aromatic rings. The summed E-state index contributed by atoms with van der Waals surface area (Å²) < 4.78 is 6.49. The highest BCUT2D eigenvalue weighted by atomic mass is 127. The quantitative estimate of drug-likeness (QED) is 0.830. The van der Waals surface area contributed by atoms with E-state index in [-0.39, 0.29) is 0 Å². The molecule has 0 fully saturated rings. The lowest BCUT2D eigenvalue weighted by Gasteiger charge is -2.13. The fourth-order valence-corrected chi connectivity index (χ4v) is 2.37. The Morgan fingerprint density at radius 2 is 1.84 bits per heavy atom. The summed E-state index contributed by atoms with van der Waals surface area (Å²) in [6, 6.07) is 14.1. The van der Waals surface area contributed by atoms with Gasteiger partial charge in [-0.05, 0) is 64.4 Å². The van der Waals surface area contributed by atoms with E-state index in [1.54, 1.807) is 7.11 Å². The zero-order valence-electron chi connectivity index (χ0n) is 11.1. The highest BCUT2D eigenvalue weighted by Crippen LogP contribution is 2.25. The summed E-state index contributed by atoms with van der Waals surface area (Å²) >= 11 is 2.28. The Labute approximate surface area is 127 Å². The van der Waals surface area contributed by atoms with Crippen LogP contribution in [0.5, 0.6) is 5.75 Å². The smallest absolute Gasteiger partial charge is 0.122 e. The van der Waals surface area contributed by atoms with E-state index in [0.717, 1.165) is 22.4 Å². The number of aliphatic hydroxyl groups excluding tert-OH is 1. The predicted molar refractivity (Wildman–Crippen MR) is 85.6 cm³/mol. The summed E-state index contributed by atoms with van der Waals surface area (Å²) in [5.74, 6) is 0.819. The van der Waals surface area contributed by atoms with Gasteiger partial charge >= 0.3 is 0 Å². The maximum atomic E-state index is 10.3. The van der Waals surface area contributed by atoms with E-state index in [4.69, 9.17) is 4.74 Å². The Hall–Kier alpha value is -1.07. The predicted octanol–water partition coefficient (Wildman–Crippen LogP) is 3.88. The molecular formula is C16H17IO2. The van der Waals surface area contributed by atoms with Gasteiger partial charge in [0.2, 0.25) is 0 Å². The second-order valence-electron chi connectivity index (χ2n) is 4.58. The van der Waals surface area contributed by atoms with Crippen LogP contribution in [0.25, 0.3) is 0 Å². The van der Waals surface area contributed by atoms with Crippen LogP contribution in [-0.4, -0.2) is 12.2 Å². The van der Waals surface area contributed by atoms with E-state index in [1.165, 1.54) is 3.57 Å². The Kier molecular flexibility index (Phi) is 4.82. The first-order valence-corrected chi connectivity index (χ1v) is 7.25. The molecular weight excluding hydrogens is 351 g/mol. The fourth-order valence-electron chi connectivity index (χ4n) is 2.01. The zero-order chi connectivity index (χ0) is 13.8. The number of hydrogen-bond acceptors (Lipinski definition) is 2. The first-order valence-electron chi connectivity index (χ1n) is 6.17. The lowest BCUT2D eigenvalue weighted by Crippen LogP contribution is -2.02. The topological polar surface area (TPSA) is 29.5 Å². The van der Waals surface area contributed by atoms with Crippen molar-refractivity contribution in [3.8, 4) is 5.75 Å².